The van der Waals surface area contributed by atoms with Crippen LogP contribution in [0.2, 0.25) is 0 Å². The van der Waals surface area contributed by atoms with Crippen LogP contribution in [0.1, 0.15) is 39.5 Å². The summed E-state index contributed by atoms with van der Waals surface area (Å²) in [7, 11) is 1.16. The van der Waals surface area contributed by atoms with Gasteiger partial charge in [0.05, 0.1) is 0 Å². The molecule has 0 aromatic rings. The van der Waals surface area contributed by atoms with E-state index in [-0.39, 0.29) is 0 Å². The van der Waals surface area contributed by atoms with E-state index in [2.05, 4.69) is 20.5 Å². The second-order valence-electron chi connectivity index (χ2n) is 3.14. The van der Waals surface area contributed by atoms with Crippen LogP contribution in [0.25, 0.3) is 0 Å². The molecule has 0 aliphatic heterocycles. The van der Waals surface area contributed by atoms with E-state index in [1.807, 2.05) is 0 Å². The minimum atomic E-state index is 0.973. The highest BCUT2D eigenvalue weighted by Crippen LogP contribution is 2.15. The first kappa shape index (κ1) is 10.4. The van der Waals surface area contributed by atoms with Gasteiger partial charge in [0.1, 0.15) is 0 Å². The van der Waals surface area contributed by atoms with Crippen molar-refractivity contribution in [3.8, 4) is 0 Å². The van der Waals surface area contributed by atoms with Crippen molar-refractivity contribution >= 4 is 8.58 Å². The van der Waals surface area contributed by atoms with Gasteiger partial charge in [-0.1, -0.05) is 33.1 Å². The minimum Gasteiger partial charge on any atom is -0.125 e. The molecule has 0 spiro atoms. The topological polar surface area (TPSA) is 0 Å². The standard InChI is InChI=1S/C9H21P/c1-4-6-9(2)7-5-8-10-3/h9-10H,4-8H2,1-3H3. The number of rotatable bonds is 6. The van der Waals surface area contributed by atoms with Crippen LogP contribution in [-0.4, -0.2) is 12.8 Å². The molecule has 0 aliphatic rings. The summed E-state index contributed by atoms with van der Waals surface area (Å²) in [6, 6.07) is 0. The predicted molar refractivity (Wildman–Crippen MR) is 52.4 cm³/mol. The molecule has 0 radical (unpaired) electrons. The summed E-state index contributed by atoms with van der Waals surface area (Å²) in [4.78, 5) is 0. The van der Waals surface area contributed by atoms with E-state index >= 15 is 0 Å². The van der Waals surface area contributed by atoms with E-state index < -0.39 is 0 Å². The lowest BCUT2D eigenvalue weighted by Crippen LogP contribution is -1.93. The van der Waals surface area contributed by atoms with Gasteiger partial charge in [0.25, 0.3) is 0 Å². The van der Waals surface area contributed by atoms with E-state index in [4.69, 9.17) is 0 Å². The van der Waals surface area contributed by atoms with E-state index in [0.717, 1.165) is 14.5 Å². The summed E-state index contributed by atoms with van der Waals surface area (Å²) in [5.41, 5.74) is 0. The van der Waals surface area contributed by atoms with Crippen LogP contribution < -0.4 is 0 Å². The first-order valence-corrected chi connectivity index (χ1v) is 6.16. The average Bonchev–Trinajstić information content (AvgIpc) is 1.89. The normalized spacial score (nSPS) is 14.7. The Morgan fingerprint density at radius 3 is 2.50 bits per heavy atom. The third kappa shape index (κ3) is 6.55. The molecule has 0 nitrogen and oxygen atoms in total. The van der Waals surface area contributed by atoms with Crippen LogP contribution in [0, 0.1) is 5.92 Å². The summed E-state index contributed by atoms with van der Waals surface area (Å²) < 4.78 is 0. The fourth-order valence-electron chi connectivity index (χ4n) is 1.26. The van der Waals surface area contributed by atoms with Crippen LogP contribution in [0.3, 0.4) is 0 Å². The SMILES string of the molecule is CCCC(C)CCCPC. The largest absolute Gasteiger partial charge is 0.125 e. The second-order valence-corrected chi connectivity index (χ2v) is 4.35. The Morgan fingerprint density at radius 2 is 2.00 bits per heavy atom. The van der Waals surface area contributed by atoms with Crippen molar-refractivity contribution < 1.29 is 0 Å². The molecule has 0 aromatic heterocycles. The van der Waals surface area contributed by atoms with Gasteiger partial charge in [-0.15, -0.1) is 8.58 Å². The predicted octanol–water partition coefficient (Wildman–Crippen LogP) is 3.51. The minimum absolute atomic E-state index is 0.973. The zero-order valence-electron chi connectivity index (χ0n) is 7.61. The van der Waals surface area contributed by atoms with Gasteiger partial charge in [0.2, 0.25) is 0 Å². The van der Waals surface area contributed by atoms with Crippen molar-refractivity contribution in [2.45, 2.75) is 39.5 Å². The maximum absolute atomic E-state index is 2.38. The molecular weight excluding hydrogens is 139 g/mol. The zero-order valence-corrected chi connectivity index (χ0v) is 8.61. The molecular formula is C9H21P. The molecule has 0 bridgehead atoms. The molecule has 2 unspecified atom stereocenters. The highest BCUT2D eigenvalue weighted by Gasteiger charge is 1.98. The van der Waals surface area contributed by atoms with Gasteiger partial charge in [-0.25, -0.2) is 0 Å². The molecule has 0 N–H and O–H groups in total. The first-order chi connectivity index (χ1) is 4.81. The molecule has 10 heavy (non-hydrogen) atoms. The van der Waals surface area contributed by atoms with Gasteiger partial charge in [-0.3, -0.25) is 0 Å². The van der Waals surface area contributed by atoms with Crippen LogP contribution in [0.5, 0.6) is 0 Å². The molecule has 0 amide bonds. The Labute approximate surface area is 67.6 Å². The smallest absolute Gasteiger partial charge is 0.0356 e. The van der Waals surface area contributed by atoms with Gasteiger partial charge in [-0.05, 0) is 25.2 Å². The van der Waals surface area contributed by atoms with Gasteiger partial charge >= 0.3 is 0 Å². The Hall–Kier alpha value is 0.430. The third-order valence-electron chi connectivity index (χ3n) is 1.91. The van der Waals surface area contributed by atoms with Crippen LogP contribution in [-0.2, 0) is 0 Å². The van der Waals surface area contributed by atoms with Gasteiger partial charge in [0.15, 0.2) is 0 Å². The van der Waals surface area contributed by atoms with Crippen molar-refractivity contribution in [1.29, 1.82) is 0 Å². The fraction of sp³-hybridized carbons (Fsp3) is 1.00. The molecule has 0 saturated carbocycles. The molecule has 2 atom stereocenters. The molecule has 1 heteroatoms. The molecule has 0 aliphatic carbocycles. The van der Waals surface area contributed by atoms with Gasteiger partial charge in [0, 0.05) is 0 Å². The zero-order chi connectivity index (χ0) is 7.82. The summed E-state index contributed by atoms with van der Waals surface area (Å²) in [5, 5.41) is 0. The van der Waals surface area contributed by atoms with Crippen molar-refractivity contribution in [2.75, 3.05) is 12.8 Å². The molecule has 62 valence electrons. The highest BCUT2D eigenvalue weighted by molar-refractivity contribution is 7.36. The van der Waals surface area contributed by atoms with Gasteiger partial charge in [-0.2, -0.15) is 0 Å². The van der Waals surface area contributed by atoms with E-state index in [9.17, 15) is 0 Å². The van der Waals surface area contributed by atoms with Gasteiger partial charge < -0.3 is 0 Å². The van der Waals surface area contributed by atoms with Crippen LogP contribution >= 0.6 is 8.58 Å². The molecule has 0 fully saturated rings. The highest BCUT2D eigenvalue weighted by atomic mass is 31.1. The Morgan fingerprint density at radius 1 is 1.30 bits per heavy atom. The second kappa shape index (κ2) is 7.54. The Bertz CT molecular complexity index is 61.7. The Kier molecular flexibility index (Phi) is 7.86. The fourth-order valence-corrected chi connectivity index (χ4v) is 1.82. The monoisotopic (exact) mass is 160 g/mol. The molecule has 0 heterocycles. The van der Waals surface area contributed by atoms with Crippen LogP contribution in [0.4, 0.5) is 0 Å². The summed E-state index contributed by atoms with van der Waals surface area (Å²) in [5.74, 6) is 0.973. The lowest BCUT2D eigenvalue weighted by atomic mass is 10.0. The Balaban J connectivity index is 2.97. The van der Waals surface area contributed by atoms with E-state index in [1.165, 1.54) is 31.8 Å². The van der Waals surface area contributed by atoms with Crippen molar-refractivity contribution in [1.82, 2.24) is 0 Å². The summed E-state index contributed by atoms with van der Waals surface area (Å²) in [6.07, 6.45) is 7.14. The summed E-state index contributed by atoms with van der Waals surface area (Å²) >= 11 is 0. The molecule has 0 aromatic carbocycles. The van der Waals surface area contributed by atoms with Crippen molar-refractivity contribution in [2.24, 2.45) is 5.92 Å². The average molecular weight is 160 g/mol. The van der Waals surface area contributed by atoms with E-state index in [0.29, 0.717) is 0 Å². The number of hydrogen-bond acceptors (Lipinski definition) is 0. The quantitative estimate of drug-likeness (QED) is 0.412. The van der Waals surface area contributed by atoms with Crippen molar-refractivity contribution in [3.63, 3.8) is 0 Å². The lowest BCUT2D eigenvalue weighted by molar-refractivity contribution is 0.482. The summed E-state index contributed by atoms with van der Waals surface area (Å²) in [6.45, 7) is 6.95. The van der Waals surface area contributed by atoms with Crippen molar-refractivity contribution in [3.05, 3.63) is 0 Å². The first-order valence-electron chi connectivity index (χ1n) is 4.45. The third-order valence-corrected chi connectivity index (χ3v) is 2.76. The maximum atomic E-state index is 2.38. The number of hydrogen-bond donors (Lipinski definition) is 0. The lowest BCUT2D eigenvalue weighted by Gasteiger charge is -2.07. The van der Waals surface area contributed by atoms with E-state index in [1.54, 1.807) is 0 Å². The molecule has 0 saturated heterocycles. The molecule has 0 rings (SSSR count). The van der Waals surface area contributed by atoms with Crippen LogP contribution in [0.15, 0.2) is 0 Å². The maximum Gasteiger partial charge on any atom is -0.0356 e.